The van der Waals surface area contributed by atoms with Gasteiger partial charge in [0.25, 0.3) is 5.56 Å². The lowest BCUT2D eigenvalue weighted by Crippen LogP contribution is -2.62. The van der Waals surface area contributed by atoms with E-state index in [1.807, 2.05) is 54.6 Å². The average molecular weight is 872 g/mol. The number of esters is 1. The highest BCUT2D eigenvalue weighted by atomic mass is 16.5. The number of urea groups is 1. The van der Waals surface area contributed by atoms with Crippen LogP contribution in [0.1, 0.15) is 69.2 Å². The third kappa shape index (κ3) is 12.2. The molecule has 19 nitrogen and oxygen atoms in total. The highest BCUT2D eigenvalue weighted by Gasteiger charge is 2.39. The molecule has 0 bridgehead atoms. The highest BCUT2D eigenvalue weighted by Crippen LogP contribution is 2.29. The van der Waals surface area contributed by atoms with E-state index < -0.39 is 83.6 Å². The first-order valence-corrected chi connectivity index (χ1v) is 21.3. The lowest BCUT2D eigenvalue weighted by atomic mass is 9.84. The number of carbonyl (C=O) groups is 5. The minimum atomic E-state index is -1.36. The van der Waals surface area contributed by atoms with E-state index in [4.69, 9.17) is 15.2 Å². The summed E-state index contributed by atoms with van der Waals surface area (Å²) in [4.78, 5) is 99.3. The molecule has 3 heterocycles. The van der Waals surface area contributed by atoms with E-state index in [2.05, 4.69) is 31.2 Å². The number of aromatic nitrogens is 3. The Balaban J connectivity index is 1.18. The van der Waals surface area contributed by atoms with Crippen LogP contribution in [0.3, 0.4) is 0 Å². The maximum absolute atomic E-state index is 14.4. The molecule has 0 unspecified atom stereocenters. The van der Waals surface area contributed by atoms with Crippen molar-refractivity contribution in [2.45, 2.75) is 108 Å². The van der Waals surface area contributed by atoms with Gasteiger partial charge in [-0.05, 0) is 36.5 Å². The maximum Gasteiger partial charge on any atom is 0.330 e. The molecule has 1 saturated carbocycles. The molecule has 6 rings (SSSR count). The Bertz CT molecular complexity index is 2330. The van der Waals surface area contributed by atoms with Crippen molar-refractivity contribution in [1.29, 1.82) is 0 Å². The number of rotatable bonds is 18. The zero-order valence-corrected chi connectivity index (χ0v) is 35.4. The zero-order valence-electron chi connectivity index (χ0n) is 35.4. The van der Waals surface area contributed by atoms with Crippen LogP contribution in [0.5, 0.6) is 0 Å². The molecule has 0 spiro atoms. The van der Waals surface area contributed by atoms with Crippen LogP contribution in [-0.4, -0.2) is 111 Å². The topological polar surface area (TPSA) is 272 Å². The summed E-state index contributed by atoms with van der Waals surface area (Å²) in [6, 6.07) is 12.4. The number of hydrogen-bond acceptors (Lipinski definition) is 11. The fourth-order valence-corrected chi connectivity index (χ4v) is 8.21. The standard InChI is InChI=1S/C44H57N9O10/c1-26(52(2)37(56)22-45)38(40(58)47-24-30-21-35(54)41(63-30)53-18-17-36(55)50-44(53)61)51-39(57)33(19-27-11-5-3-6-12-27)48-43(60)49-34(42(59)62-25-28-13-7-4-8-14-28)20-29-23-46-32-16-10-9-15-31(29)32/h4,7-10,13-18,23,26-27,30,33-35,38,41,46,54H,3,5-6,11-12,19-22,24-25,45H2,1-2H3,(H,47,58)(H,51,57)(H2,48,49,60)(H,50,55,61)/t26-,30+,33-,34-,35+,38-,41+/m0/s1. The summed E-state index contributed by atoms with van der Waals surface area (Å²) in [5.74, 6) is -2.49. The molecular weight excluding hydrogens is 815 g/mol. The summed E-state index contributed by atoms with van der Waals surface area (Å²) in [5, 5.41) is 22.6. The van der Waals surface area contributed by atoms with E-state index in [1.165, 1.54) is 18.1 Å². The molecule has 9 N–H and O–H groups in total. The molecule has 1 saturated heterocycles. The van der Waals surface area contributed by atoms with Gasteiger partial charge in [-0.1, -0.05) is 80.6 Å². The molecule has 2 aromatic heterocycles. The minimum absolute atomic E-state index is 0.0219. The van der Waals surface area contributed by atoms with Gasteiger partial charge in [0.05, 0.1) is 18.7 Å². The van der Waals surface area contributed by atoms with Crippen molar-refractivity contribution in [2.75, 3.05) is 20.1 Å². The number of aromatic amines is 2. The van der Waals surface area contributed by atoms with Gasteiger partial charge in [0, 0.05) is 55.8 Å². The van der Waals surface area contributed by atoms with Crippen LogP contribution in [0.2, 0.25) is 0 Å². The summed E-state index contributed by atoms with van der Waals surface area (Å²) >= 11 is 0. The SMILES string of the molecule is C[C@@H]([C@H](NC(=O)[C@H](CC1CCCCC1)NC(=O)N[C@@H](Cc1c[nH]c2ccccc12)C(=O)OCc1ccccc1)C(=O)NC[C@H]1C[C@@H](O)[C@H](n2ccc(=O)[nH]c2=O)O1)N(C)C(=O)CN. The Morgan fingerprint density at radius 2 is 1.67 bits per heavy atom. The predicted octanol–water partition coefficient (Wildman–Crippen LogP) is 1.07. The zero-order chi connectivity index (χ0) is 45.0. The first kappa shape index (κ1) is 46.2. The Hall–Kier alpha value is -6.31. The molecule has 0 radical (unpaired) electrons. The average Bonchev–Trinajstić information content (AvgIpc) is 3.87. The first-order chi connectivity index (χ1) is 30.3. The van der Waals surface area contributed by atoms with Crippen molar-refractivity contribution < 1.29 is 38.6 Å². The number of para-hydroxylation sites is 1. The fraction of sp³-hybridized carbons (Fsp3) is 0.477. The van der Waals surface area contributed by atoms with E-state index >= 15 is 0 Å². The Morgan fingerprint density at radius 3 is 2.40 bits per heavy atom. The van der Waals surface area contributed by atoms with Crippen molar-refractivity contribution in [2.24, 2.45) is 11.7 Å². The van der Waals surface area contributed by atoms with E-state index in [0.29, 0.717) is 0 Å². The second kappa shape index (κ2) is 21.7. The van der Waals surface area contributed by atoms with E-state index in [0.717, 1.165) is 64.8 Å². The molecule has 19 heteroatoms. The summed E-state index contributed by atoms with van der Waals surface area (Å²) in [6.07, 6.45) is 4.87. The van der Waals surface area contributed by atoms with Gasteiger partial charge in [-0.3, -0.25) is 28.7 Å². The van der Waals surface area contributed by atoms with Crippen LogP contribution in [0, 0.1) is 5.92 Å². The third-order valence-corrected chi connectivity index (χ3v) is 11.9. The number of amides is 5. The number of nitrogens with zero attached hydrogens (tertiary/aromatic N) is 2. The van der Waals surface area contributed by atoms with Gasteiger partial charge in [0.15, 0.2) is 6.23 Å². The molecule has 338 valence electrons. The number of ether oxygens (including phenoxy) is 2. The van der Waals surface area contributed by atoms with Crippen LogP contribution < -0.4 is 38.2 Å². The Morgan fingerprint density at radius 1 is 0.952 bits per heavy atom. The molecule has 2 fully saturated rings. The Kier molecular flexibility index (Phi) is 15.9. The summed E-state index contributed by atoms with van der Waals surface area (Å²) in [7, 11) is 1.45. The van der Waals surface area contributed by atoms with Gasteiger partial charge in [0.1, 0.15) is 30.8 Å². The van der Waals surface area contributed by atoms with E-state index in [1.54, 1.807) is 13.1 Å². The number of aliphatic hydroxyl groups excluding tert-OH is 1. The predicted molar refractivity (Wildman–Crippen MR) is 231 cm³/mol. The molecule has 7 atom stereocenters. The third-order valence-electron chi connectivity index (χ3n) is 11.9. The van der Waals surface area contributed by atoms with Crippen molar-refractivity contribution in [3.63, 3.8) is 0 Å². The molecule has 1 aliphatic heterocycles. The number of nitrogens with one attached hydrogen (secondary N) is 6. The summed E-state index contributed by atoms with van der Waals surface area (Å²) < 4.78 is 12.6. The normalized spacial score (nSPS) is 19.6. The molecule has 63 heavy (non-hydrogen) atoms. The number of benzene rings is 2. The molecule has 5 amide bonds. The number of fused-ring (bicyclic) bond motifs is 1. The second-order valence-corrected chi connectivity index (χ2v) is 16.3. The minimum Gasteiger partial charge on any atom is -0.459 e. The van der Waals surface area contributed by atoms with E-state index in [-0.39, 0.29) is 44.9 Å². The number of aliphatic hydroxyl groups is 1. The monoisotopic (exact) mass is 871 g/mol. The lowest BCUT2D eigenvalue weighted by molar-refractivity contribution is -0.147. The van der Waals surface area contributed by atoms with Crippen molar-refractivity contribution >= 4 is 40.6 Å². The number of nitrogens with two attached hydrogens (primary N) is 1. The number of hydrogen-bond donors (Lipinski definition) is 8. The summed E-state index contributed by atoms with van der Waals surface area (Å²) in [5.41, 5.74) is 6.64. The number of likely N-dealkylation sites (N-methyl/N-ethyl adjacent to an activating group) is 1. The van der Waals surface area contributed by atoms with Gasteiger partial charge in [0.2, 0.25) is 17.7 Å². The second-order valence-electron chi connectivity index (χ2n) is 16.3. The number of carbonyl (C=O) groups excluding carboxylic acids is 5. The van der Waals surface area contributed by atoms with Crippen LogP contribution >= 0.6 is 0 Å². The molecule has 1 aliphatic carbocycles. The van der Waals surface area contributed by atoms with Crippen LogP contribution in [0.25, 0.3) is 10.9 Å². The van der Waals surface area contributed by atoms with Crippen molar-refractivity contribution in [1.82, 2.24) is 40.7 Å². The van der Waals surface area contributed by atoms with Gasteiger partial charge in [-0.15, -0.1) is 0 Å². The molecule has 4 aromatic rings. The molecular formula is C44H57N9O10. The van der Waals surface area contributed by atoms with Gasteiger partial charge in [-0.2, -0.15) is 0 Å². The van der Waals surface area contributed by atoms with E-state index in [9.17, 15) is 38.7 Å². The lowest BCUT2D eigenvalue weighted by Gasteiger charge is -2.33. The van der Waals surface area contributed by atoms with Gasteiger partial charge >= 0.3 is 17.7 Å². The van der Waals surface area contributed by atoms with Crippen LogP contribution in [0.15, 0.2) is 82.6 Å². The largest absolute Gasteiger partial charge is 0.459 e. The summed E-state index contributed by atoms with van der Waals surface area (Å²) in [6.45, 7) is 1.04. The Labute approximate surface area is 363 Å². The number of H-pyrrole nitrogens is 2. The fourth-order valence-electron chi connectivity index (χ4n) is 8.21. The highest BCUT2D eigenvalue weighted by molar-refractivity contribution is 5.93. The smallest absolute Gasteiger partial charge is 0.330 e. The first-order valence-electron chi connectivity index (χ1n) is 21.3. The maximum atomic E-state index is 14.4. The van der Waals surface area contributed by atoms with Crippen LogP contribution in [-0.2, 0) is 41.7 Å². The quantitative estimate of drug-likeness (QED) is 0.0656. The van der Waals surface area contributed by atoms with Crippen molar-refractivity contribution in [3.8, 4) is 0 Å². The molecule has 2 aromatic carbocycles. The van der Waals surface area contributed by atoms with Gasteiger partial charge < -0.3 is 51.5 Å². The van der Waals surface area contributed by atoms with Gasteiger partial charge in [-0.25, -0.2) is 14.4 Å². The van der Waals surface area contributed by atoms with Crippen LogP contribution in [0.4, 0.5) is 4.79 Å². The van der Waals surface area contributed by atoms with Crippen molar-refractivity contribution in [3.05, 3.63) is 105 Å². The molecule has 2 aliphatic rings.